The van der Waals surface area contributed by atoms with E-state index >= 15 is 0 Å². The quantitative estimate of drug-likeness (QED) is 0.859. The van der Waals surface area contributed by atoms with Crippen LogP contribution in [-0.2, 0) is 22.6 Å². The number of likely N-dealkylation sites (tertiary alicyclic amines) is 1. The Kier molecular flexibility index (Phi) is 6.24. The number of ether oxygens (including phenoxy) is 1. The second-order valence-electron chi connectivity index (χ2n) is 7.03. The third-order valence-electron chi connectivity index (χ3n) is 4.93. The van der Waals surface area contributed by atoms with Crippen molar-refractivity contribution in [1.82, 2.24) is 15.5 Å². The van der Waals surface area contributed by atoms with E-state index in [4.69, 9.17) is 4.74 Å². The number of amides is 1. The topological polar surface area (TPSA) is 53.6 Å². The lowest BCUT2D eigenvalue weighted by Crippen LogP contribution is -2.47. The van der Waals surface area contributed by atoms with Gasteiger partial charge in [-0.05, 0) is 36.4 Å². The Bertz CT molecular complexity index is 543. The molecule has 0 unspecified atom stereocenters. The van der Waals surface area contributed by atoms with E-state index in [-0.39, 0.29) is 12.0 Å². The number of carbonyl (C=O) groups is 1. The highest BCUT2D eigenvalue weighted by atomic mass is 16.5. The van der Waals surface area contributed by atoms with Crippen LogP contribution in [0.25, 0.3) is 0 Å². The monoisotopic (exact) mass is 331 g/mol. The van der Waals surface area contributed by atoms with Crippen molar-refractivity contribution in [2.45, 2.75) is 39.0 Å². The van der Waals surface area contributed by atoms with E-state index in [1.807, 2.05) is 6.07 Å². The maximum atomic E-state index is 12.2. The second-order valence-corrected chi connectivity index (χ2v) is 7.03. The molecule has 0 radical (unpaired) electrons. The van der Waals surface area contributed by atoms with Crippen LogP contribution in [0.4, 0.5) is 0 Å². The molecule has 2 N–H and O–H groups in total. The maximum absolute atomic E-state index is 12.2. The standard InChI is InChI=1S/C19H29N3O2/c1-15-5-4-9-22(13-15)14-17-7-3-2-6-16(17)11-21-19(23)18-12-20-8-10-24-18/h2-3,6-7,15,18,20H,4-5,8-14H2,1H3,(H,21,23)/t15-,18+/m1/s1. The predicted molar refractivity (Wildman–Crippen MR) is 94.6 cm³/mol. The average Bonchev–Trinajstić information content (AvgIpc) is 2.61. The summed E-state index contributed by atoms with van der Waals surface area (Å²) in [4.78, 5) is 14.8. The first-order chi connectivity index (χ1) is 11.7. The van der Waals surface area contributed by atoms with E-state index in [0.29, 0.717) is 19.7 Å². The minimum Gasteiger partial charge on any atom is -0.366 e. The number of nitrogens with zero attached hydrogens (tertiary/aromatic N) is 1. The van der Waals surface area contributed by atoms with E-state index in [1.165, 1.54) is 37.1 Å². The molecule has 2 atom stereocenters. The third kappa shape index (κ3) is 4.79. The Labute approximate surface area is 144 Å². The van der Waals surface area contributed by atoms with Crippen molar-refractivity contribution in [2.75, 3.05) is 32.8 Å². The summed E-state index contributed by atoms with van der Waals surface area (Å²) < 4.78 is 5.51. The molecule has 2 aliphatic heterocycles. The summed E-state index contributed by atoms with van der Waals surface area (Å²) in [5, 5.41) is 6.22. The van der Waals surface area contributed by atoms with Crippen LogP contribution >= 0.6 is 0 Å². The maximum Gasteiger partial charge on any atom is 0.250 e. The number of rotatable bonds is 5. The van der Waals surface area contributed by atoms with Crippen molar-refractivity contribution in [3.8, 4) is 0 Å². The SMILES string of the molecule is C[C@@H]1CCCN(Cc2ccccc2CNC(=O)[C@@H]2CNCCO2)C1. The minimum absolute atomic E-state index is 0.0244. The summed E-state index contributed by atoms with van der Waals surface area (Å²) in [5.41, 5.74) is 2.52. The van der Waals surface area contributed by atoms with Gasteiger partial charge in [0, 0.05) is 32.7 Å². The van der Waals surface area contributed by atoms with Gasteiger partial charge < -0.3 is 15.4 Å². The first-order valence-electron chi connectivity index (χ1n) is 9.11. The molecule has 1 aromatic rings. The van der Waals surface area contributed by atoms with Crippen LogP contribution in [0.1, 0.15) is 30.9 Å². The summed E-state index contributed by atoms with van der Waals surface area (Å²) in [6, 6.07) is 8.42. The van der Waals surface area contributed by atoms with Gasteiger partial charge in [-0.2, -0.15) is 0 Å². The van der Waals surface area contributed by atoms with E-state index in [2.05, 4.69) is 40.7 Å². The molecule has 2 heterocycles. The van der Waals surface area contributed by atoms with Crippen LogP contribution in [0.5, 0.6) is 0 Å². The molecular formula is C19H29N3O2. The lowest BCUT2D eigenvalue weighted by atomic mass is 9.99. The highest BCUT2D eigenvalue weighted by Crippen LogP contribution is 2.19. The molecule has 3 rings (SSSR count). The van der Waals surface area contributed by atoms with Crippen LogP contribution in [0.15, 0.2) is 24.3 Å². The summed E-state index contributed by atoms with van der Waals surface area (Å²) in [6.45, 7) is 8.23. The van der Waals surface area contributed by atoms with Gasteiger partial charge in [0.2, 0.25) is 0 Å². The lowest BCUT2D eigenvalue weighted by Gasteiger charge is -2.31. The smallest absolute Gasteiger partial charge is 0.250 e. The normalized spacial score (nSPS) is 25.4. The largest absolute Gasteiger partial charge is 0.366 e. The van der Waals surface area contributed by atoms with Gasteiger partial charge in [-0.25, -0.2) is 0 Å². The van der Waals surface area contributed by atoms with E-state index in [9.17, 15) is 4.79 Å². The number of nitrogens with one attached hydrogen (secondary N) is 2. The fourth-order valence-electron chi connectivity index (χ4n) is 3.59. The van der Waals surface area contributed by atoms with Crippen molar-refractivity contribution in [3.05, 3.63) is 35.4 Å². The Hall–Kier alpha value is -1.43. The van der Waals surface area contributed by atoms with Gasteiger partial charge in [-0.1, -0.05) is 31.2 Å². The van der Waals surface area contributed by atoms with Crippen molar-refractivity contribution in [3.63, 3.8) is 0 Å². The predicted octanol–water partition coefficient (Wildman–Crippen LogP) is 1.52. The first kappa shape index (κ1) is 17.4. The van der Waals surface area contributed by atoms with Crippen LogP contribution < -0.4 is 10.6 Å². The molecule has 1 aromatic carbocycles. The zero-order valence-electron chi connectivity index (χ0n) is 14.6. The van der Waals surface area contributed by atoms with Gasteiger partial charge in [0.25, 0.3) is 5.91 Å². The Morgan fingerprint density at radius 3 is 2.96 bits per heavy atom. The molecule has 0 saturated carbocycles. The van der Waals surface area contributed by atoms with Crippen molar-refractivity contribution >= 4 is 5.91 Å². The molecule has 132 valence electrons. The number of morpholine rings is 1. The third-order valence-corrected chi connectivity index (χ3v) is 4.93. The van der Waals surface area contributed by atoms with Gasteiger partial charge in [0.05, 0.1) is 6.61 Å². The van der Waals surface area contributed by atoms with Gasteiger partial charge in [-0.15, -0.1) is 0 Å². The molecule has 0 spiro atoms. The molecule has 0 bridgehead atoms. The minimum atomic E-state index is -0.367. The van der Waals surface area contributed by atoms with Crippen LogP contribution in [0.3, 0.4) is 0 Å². The van der Waals surface area contributed by atoms with Crippen LogP contribution in [-0.4, -0.2) is 49.7 Å². The zero-order valence-corrected chi connectivity index (χ0v) is 14.6. The highest BCUT2D eigenvalue weighted by molar-refractivity contribution is 5.81. The van der Waals surface area contributed by atoms with Crippen molar-refractivity contribution in [2.24, 2.45) is 5.92 Å². The Morgan fingerprint density at radius 1 is 1.38 bits per heavy atom. The summed E-state index contributed by atoms with van der Waals surface area (Å²) in [6.07, 6.45) is 2.25. The van der Waals surface area contributed by atoms with E-state index in [1.54, 1.807) is 0 Å². The first-order valence-corrected chi connectivity index (χ1v) is 9.11. The highest BCUT2D eigenvalue weighted by Gasteiger charge is 2.22. The Morgan fingerprint density at radius 2 is 2.21 bits per heavy atom. The zero-order chi connectivity index (χ0) is 16.8. The van der Waals surface area contributed by atoms with E-state index < -0.39 is 0 Å². The molecule has 2 fully saturated rings. The number of hydrogen-bond acceptors (Lipinski definition) is 4. The van der Waals surface area contributed by atoms with Crippen molar-refractivity contribution < 1.29 is 9.53 Å². The molecular weight excluding hydrogens is 302 g/mol. The molecule has 5 heteroatoms. The van der Waals surface area contributed by atoms with Gasteiger partial charge in [0.1, 0.15) is 6.10 Å². The average molecular weight is 331 g/mol. The fraction of sp³-hybridized carbons (Fsp3) is 0.632. The van der Waals surface area contributed by atoms with Gasteiger partial charge in [-0.3, -0.25) is 9.69 Å². The number of benzene rings is 1. The molecule has 2 saturated heterocycles. The Balaban J connectivity index is 1.56. The summed E-state index contributed by atoms with van der Waals surface area (Å²) in [7, 11) is 0. The number of carbonyl (C=O) groups excluding carboxylic acids is 1. The molecule has 2 aliphatic rings. The molecule has 5 nitrogen and oxygen atoms in total. The van der Waals surface area contributed by atoms with Crippen LogP contribution in [0, 0.1) is 5.92 Å². The molecule has 24 heavy (non-hydrogen) atoms. The summed E-state index contributed by atoms with van der Waals surface area (Å²) in [5.74, 6) is 0.755. The van der Waals surface area contributed by atoms with E-state index in [0.717, 1.165) is 19.0 Å². The van der Waals surface area contributed by atoms with Crippen LogP contribution in [0.2, 0.25) is 0 Å². The lowest BCUT2D eigenvalue weighted by molar-refractivity contribution is -0.134. The number of piperidine rings is 1. The molecule has 0 aliphatic carbocycles. The van der Waals surface area contributed by atoms with Gasteiger partial charge >= 0.3 is 0 Å². The second kappa shape index (κ2) is 8.60. The summed E-state index contributed by atoms with van der Waals surface area (Å²) >= 11 is 0. The molecule has 1 amide bonds. The van der Waals surface area contributed by atoms with Gasteiger partial charge in [0.15, 0.2) is 0 Å². The van der Waals surface area contributed by atoms with Crippen molar-refractivity contribution in [1.29, 1.82) is 0 Å². The molecule has 0 aromatic heterocycles. The fourth-order valence-corrected chi connectivity index (χ4v) is 3.59. The number of hydrogen-bond donors (Lipinski definition) is 2.